The average molecular weight is 341 g/mol. The molecule has 1 atom stereocenters. The van der Waals surface area contributed by atoms with Crippen LogP contribution in [0, 0.1) is 0 Å². The van der Waals surface area contributed by atoms with E-state index in [1.165, 1.54) is 17.5 Å². The number of fused-ring (bicyclic) bond motifs is 1. The number of carboxylic acid groups (broad SMARTS) is 1. The molecule has 24 heavy (non-hydrogen) atoms. The van der Waals surface area contributed by atoms with Crippen molar-refractivity contribution < 1.29 is 23.1 Å². The van der Waals surface area contributed by atoms with Crippen molar-refractivity contribution in [2.45, 2.75) is 38.0 Å². The van der Waals surface area contributed by atoms with Gasteiger partial charge in [-0.05, 0) is 30.4 Å². The summed E-state index contributed by atoms with van der Waals surface area (Å²) in [4.78, 5) is 8.90. The predicted molar refractivity (Wildman–Crippen MR) is 81.3 cm³/mol. The molecular weight excluding hydrogens is 323 g/mol. The Hall–Kier alpha value is -2.35. The summed E-state index contributed by atoms with van der Waals surface area (Å²) in [5.74, 6) is -2.76. The number of aryl methyl sites for hydroxylation is 1. The van der Waals surface area contributed by atoms with Gasteiger partial charge in [-0.25, -0.2) is 4.79 Å². The third-order valence-electron chi connectivity index (χ3n) is 3.61. The minimum absolute atomic E-state index is 0.135. The van der Waals surface area contributed by atoms with E-state index in [0.717, 1.165) is 25.1 Å². The zero-order valence-electron chi connectivity index (χ0n) is 12.8. The normalized spacial score (nSPS) is 16.8. The number of carboxylic acids is 1. The van der Waals surface area contributed by atoms with E-state index in [0.29, 0.717) is 0 Å². The molecule has 1 aliphatic rings. The maximum Gasteiger partial charge on any atom is 0.490 e. The number of nitrogens with zero attached hydrogens (tertiary/aromatic N) is 2. The minimum Gasteiger partial charge on any atom is -0.475 e. The van der Waals surface area contributed by atoms with Crippen molar-refractivity contribution in [3.05, 3.63) is 53.3 Å². The third-order valence-corrected chi connectivity index (χ3v) is 3.61. The highest BCUT2D eigenvalue weighted by atomic mass is 19.4. The second-order valence-electron chi connectivity index (χ2n) is 5.52. The SMILES string of the molecule is NC1CCCc2cn(Cc3ccccc3)nc21.O=C(O)C(F)(F)F. The van der Waals surface area contributed by atoms with Gasteiger partial charge in [-0.3, -0.25) is 4.68 Å². The molecule has 1 unspecified atom stereocenters. The molecule has 0 aliphatic heterocycles. The van der Waals surface area contributed by atoms with E-state index in [9.17, 15) is 13.2 Å². The Morgan fingerprint density at radius 1 is 1.33 bits per heavy atom. The van der Waals surface area contributed by atoms with Crippen LogP contribution >= 0.6 is 0 Å². The lowest BCUT2D eigenvalue weighted by Crippen LogP contribution is -2.21. The molecule has 5 nitrogen and oxygen atoms in total. The van der Waals surface area contributed by atoms with Gasteiger partial charge in [0.25, 0.3) is 0 Å². The fraction of sp³-hybridized carbons (Fsp3) is 0.375. The number of halogens is 3. The molecule has 1 heterocycles. The summed E-state index contributed by atoms with van der Waals surface area (Å²) in [7, 11) is 0. The van der Waals surface area contributed by atoms with Crippen LogP contribution in [0.3, 0.4) is 0 Å². The van der Waals surface area contributed by atoms with Crippen LogP contribution in [0.1, 0.15) is 35.7 Å². The molecule has 130 valence electrons. The number of benzene rings is 1. The molecule has 3 N–H and O–H groups in total. The fourth-order valence-corrected chi connectivity index (χ4v) is 2.48. The summed E-state index contributed by atoms with van der Waals surface area (Å²) in [6.45, 7) is 0.834. The molecule has 0 spiro atoms. The first-order valence-electron chi connectivity index (χ1n) is 7.43. The highest BCUT2D eigenvalue weighted by molar-refractivity contribution is 5.73. The van der Waals surface area contributed by atoms with Gasteiger partial charge in [-0.2, -0.15) is 18.3 Å². The van der Waals surface area contributed by atoms with E-state index in [-0.39, 0.29) is 6.04 Å². The van der Waals surface area contributed by atoms with E-state index >= 15 is 0 Å². The van der Waals surface area contributed by atoms with Gasteiger partial charge in [0.15, 0.2) is 0 Å². The van der Waals surface area contributed by atoms with Crippen molar-refractivity contribution in [2.75, 3.05) is 0 Å². The smallest absolute Gasteiger partial charge is 0.475 e. The van der Waals surface area contributed by atoms with Gasteiger partial charge in [0.1, 0.15) is 0 Å². The van der Waals surface area contributed by atoms with Crippen LogP contribution in [-0.2, 0) is 17.8 Å². The van der Waals surface area contributed by atoms with Crippen LogP contribution in [0.5, 0.6) is 0 Å². The van der Waals surface area contributed by atoms with E-state index in [1.54, 1.807) is 0 Å². The van der Waals surface area contributed by atoms with Crippen LogP contribution in [0.4, 0.5) is 13.2 Å². The molecule has 0 radical (unpaired) electrons. The Balaban J connectivity index is 0.000000256. The minimum atomic E-state index is -5.08. The zero-order chi connectivity index (χ0) is 17.7. The number of hydrogen-bond donors (Lipinski definition) is 2. The fourth-order valence-electron chi connectivity index (χ4n) is 2.48. The van der Waals surface area contributed by atoms with E-state index < -0.39 is 12.1 Å². The molecule has 1 aromatic heterocycles. The monoisotopic (exact) mass is 341 g/mol. The summed E-state index contributed by atoms with van der Waals surface area (Å²) in [6.07, 6.45) is 0.444. The molecule has 8 heteroatoms. The Bertz CT molecular complexity index is 684. The molecule has 0 amide bonds. The molecule has 1 aliphatic carbocycles. The molecule has 0 saturated heterocycles. The average Bonchev–Trinajstić information content (AvgIpc) is 2.92. The van der Waals surface area contributed by atoms with Gasteiger partial charge in [0.05, 0.1) is 12.2 Å². The van der Waals surface area contributed by atoms with Gasteiger partial charge in [-0.1, -0.05) is 30.3 Å². The first-order valence-corrected chi connectivity index (χ1v) is 7.43. The standard InChI is InChI=1S/C14H17N3.C2HF3O2/c15-13-8-4-7-12-10-17(16-14(12)13)9-11-5-2-1-3-6-11;3-2(4,5)1(6)7/h1-3,5-6,10,13H,4,7-9,15H2;(H,6,7). The molecule has 0 saturated carbocycles. The lowest BCUT2D eigenvalue weighted by atomic mass is 9.95. The third kappa shape index (κ3) is 4.82. The first kappa shape index (κ1) is 18.0. The number of rotatable bonds is 2. The molecular formula is C16H18F3N3O2. The Labute approximate surface area is 136 Å². The van der Waals surface area contributed by atoms with Crippen LogP contribution in [0.15, 0.2) is 36.5 Å². The van der Waals surface area contributed by atoms with Crippen molar-refractivity contribution in [2.24, 2.45) is 5.73 Å². The molecule has 0 bridgehead atoms. The molecule has 0 fully saturated rings. The molecule has 3 rings (SSSR count). The highest BCUT2D eigenvalue weighted by Crippen LogP contribution is 2.26. The molecule has 1 aromatic carbocycles. The van der Waals surface area contributed by atoms with Gasteiger partial charge < -0.3 is 10.8 Å². The Morgan fingerprint density at radius 2 is 1.96 bits per heavy atom. The molecule has 2 aromatic rings. The topological polar surface area (TPSA) is 81.1 Å². The summed E-state index contributed by atoms with van der Waals surface area (Å²) in [5.41, 5.74) is 9.79. The van der Waals surface area contributed by atoms with E-state index in [1.807, 2.05) is 10.7 Å². The summed E-state index contributed by atoms with van der Waals surface area (Å²) >= 11 is 0. The largest absolute Gasteiger partial charge is 0.490 e. The summed E-state index contributed by atoms with van der Waals surface area (Å²) in [6, 6.07) is 10.5. The van der Waals surface area contributed by atoms with Gasteiger partial charge in [0.2, 0.25) is 0 Å². The lowest BCUT2D eigenvalue weighted by Gasteiger charge is -2.15. The zero-order valence-corrected chi connectivity index (χ0v) is 12.8. The second kappa shape index (κ2) is 7.48. The van der Waals surface area contributed by atoms with Crippen molar-refractivity contribution in [1.29, 1.82) is 0 Å². The Morgan fingerprint density at radius 3 is 2.50 bits per heavy atom. The van der Waals surface area contributed by atoms with Crippen molar-refractivity contribution in [3.63, 3.8) is 0 Å². The quantitative estimate of drug-likeness (QED) is 0.880. The summed E-state index contributed by atoms with van der Waals surface area (Å²) in [5, 5.41) is 11.7. The Kier molecular flexibility index (Phi) is 5.61. The summed E-state index contributed by atoms with van der Waals surface area (Å²) < 4.78 is 33.8. The highest BCUT2D eigenvalue weighted by Gasteiger charge is 2.38. The number of alkyl halides is 3. The van der Waals surface area contributed by atoms with Crippen LogP contribution in [0.2, 0.25) is 0 Å². The number of hydrogen-bond acceptors (Lipinski definition) is 3. The van der Waals surface area contributed by atoms with Crippen molar-refractivity contribution in [1.82, 2.24) is 9.78 Å². The number of aliphatic carboxylic acids is 1. The maximum atomic E-state index is 10.6. The van der Waals surface area contributed by atoms with Gasteiger partial charge >= 0.3 is 12.1 Å². The lowest BCUT2D eigenvalue weighted by molar-refractivity contribution is -0.192. The van der Waals surface area contributed by atoms with Crippen molar-refractivity contribution >= 4 is 5.97 Å². The second-order valence-corrected chi connectivity index (χ2v) is 5.52. The number of nitrogens with two attached hydrogens (primary N) is 1. The van der Waals surface area contributed by atoms with Crippen LogP contribution < -0.4 is 5.73 Å². The maximum absolute atomic E-state index is 10.6. The van der Waals surface area contributed by atoms with Gasteiger partial charge in [0, 0.05) is 12.2 Å². The number of carbonyl (C=O) groups is 1. The van der Waals surface area contributed by atoms with Crippen molar-refractivity contribution in [3.8, 4) is 0 Å². The van der Waals surface area contributed by atoms with E-state index in [4.69, 9.17) is 15.6 Å². The van der Waals surface area contributed by atoms with Gasteiger partial charge in [-0.15, -0.1) is 0 Å². The number of aromatic nitrogens is 2. The predicted octanol–water partition coefficient (Wildman–Crippen LogP) is 2.90. The first-order chi connectivity index (χ1) is 11.3. The van der Waals surface area contributed by atoms with E-state index in [2.05, 4.69) is 35.6 Å². The van der Waals surface area contributed by atoms with Crippen LogP contribution in [-0.4, -0.2) is 27.0 Å². The van der Waals surface area contributed by atoms with Crippen LogP contribution in [0.25, 0.3) is 0 Å².